The lowest BCUT2D eigenvalue weighted by atomic mass is 9.94. The largest absolute Gasteiger partial charge is 0.467 e. The van der Waals surface area contributed by atoms with Crippen LogP contribution in [0, 0.1) is 5.92 Å². The van der Waals surface area contributed by atoms with Crippen molar-refractivity contribution < 1.29 is 13.9 Å². The number of amides is 1. The van der Waals surface area contributed by atoms with Gasteiger partial charge in [0.25, 0.3) is 0 Å². The second-order valence-electron chi connectivity index (χ2n) is 6.92. The van der Waals surface area contributed by atoms with Crippen molar-refractivity contribution in [2.45, 2.75) is 19.3 Å². The fraction of sp³-hybridized carbons (Fsp3) is 0.227. The third-order valence-electron chi connectivity index (χ3n) is 4.84. The number of halogens is 1. The lowest BCUT2D eigenvalue weighted by Gasteiger charge is -2.19. The van der Waals surface area contributed by atoms with Crippen molar-refractivity contribution in [1.82, 2.24) is 10.9 Å². The summed E-state index contributed by atoms with van der Waals surface area (Å²) < 4.78 is 10.9. The molecule has 0 bridgehead atoms. The standard InChI is InChI=1S/C22H22ClN3O3/c23-17-8-6-16(7-9-17)21-20(12-24-26-21)22(27)25-18-4-1-3-15(11-18)13-28-14-19-5-2-10-29-19/h1-11,20-21,24,26H,12-14H2,(H,25,27). The maximum absolute atomic E-state index is 12.9. The molecule has 6 nitrogen and oxygen atoms in total. The molecule has 1 aliphatic rings. The van der Waals surface area contributed by atoms with Crippen molar-refractivity contribution in [1.29, 1.82) is 0 Å². The molecule has 0 radical (unpaired) electrons. The summed E-state index contributed by atoms with van der Waals surface area (Å²) in [5, 5.41) is 3.69. The van der Waals surface area contributed by atoms with E-state index in [0.717, 1.165) is 22.6 Å². The molecule has 2 aromatic carbocycles. The van der Waals surface area contributed by atoms with Crippen molar-refractivity contribution in [3.8, 4) is 0 Å². The Morgan fingerprint density at radius 2 is 2.00 bits per heavy atom. The molecule has 1 fully saturated rings. The van der Waals surface area contributed by atoms with E-state index in [4.69, 9.17) is 20.8 Å². The highest BCUT2D eigenvalue weighted by atomic mass is 35.5. The zero-order valence-corrected chi connectivity index (χ0v) is 16.5. The van der Waals surface area contributed by atoms with Crippen LogP contribution in [0.1, 0.15) is 22.9 Å². The highest BCUT2D eigenvalue weighted by Gasteiger charge is 2.33. The number of hydrogen-bond donors (Lipinski definition) is 3. The molecule has 2 unspecified atom stereocenters. The Bertz CT molecular complexity index is 944. The Morgan fingerprint density at radius 1 is 1.14 bits per heavy atom. The lowest BCUT2D eigenvalue weighted by Crippen LogP contribution is -2.29. The molecule has 4 rings (SSSR count). The Hall–Kier alpha value is -2.64. The van der Waals surface area contributed by atoms with Crippen LogP contribution >= 0.6 is 11.6 Å². The highest BCUT2D eigenvalue weighted by Crippen LogP contribution is 2.27. The van der Waals surface area contributed by atoms with E-state index < -0.39 is 0 Å². The molecule has 1 amide bonds. The van der Waals surface area contributed by atoms with E-state index in [1.807, 2.05) is 60.7 Å². The number of ether oxygens (including phenoxy) is 1. The average molecular weight is 412 g/mol. The number of furan rings is 1. The zero-order valence-electron chi connectivity index (χ0n) is 15.7. The van der Waals surface area contributed by atoms with Gasteiger partial charge in [0, 0.05) is 17.3 Å². The number of carbonyl (C=O) groups excluding carboxylic acids is 1. The van der Waals surface area contributed by atoms with E-state index in [2.05, 4.69) is 16.2 Å². The molecule has 7 heteroatoms. The number of hydrazine groups is 1. The van der Waals surface area contributed by atoms with Gasteiger partial charge < -0.3 is 14.5 Å². The van der Waals surface area contributed by atoms with Crippen molar-refractivity contribution >= 4 is 23.2 Å². The molecular weight excluding hydrogens is 390 g/mol. The monoisotopic (exact) mass is 411 g/mol. The van der Waals surface area contributed by atoms with Gasteiger partial charge in [-0.3, -0.25) is 10.2 Å². The molecule has 1 saturated heterocycles. The molecule has 1 aliphatic heterocycles. The average Bonchev–Trinajstić information content (AvgIpc) is 3.41. The van der Waals surface area contributed by atoms with E-state index >= 15 is 0 Å². The van der Waals surface area contributed by atoms with Crippen molar-refractivity contribution in [3.63, 3.8) is 0 Å². The molecule has 1 aromatic heterocycles. The molecule has 0 aliphatic carbocycles. The van der Waals surface area contributed by atoms with E-state index in [-0.39, 0.29) is 17.9 Å². The van der Waals surface area contributed by atoms with Gasteiger partial charge in [-0.15, -0.1) is 0 Å². The third kappa shape index (κ3) is 5.05. The van der Waals surface area contributed by atoms with Crippen LogP contribution in [0.4, 0.5) is 5.69 Å². The summed E-state index contributed by atoms with van der Waals surface area (Å²) in [6.45, 7) is 1.39. The second kappa shape index (κ2) is 9.24. The number of anilines is 1. The maximum Gasteiger partial charge on any atom is 0.230 e. The first-order valence-corrected chi connectivity index (χ1v) is 9.80. The third-order valence-corrected chi connectivity index (χ3v) is 5.09. The summed E-state index contributed by atoms with van der Waals surface area (Å²) in [4.78, 5) is 12.9. The van der Waals surface area contributed by atoms with Crippen LogP contribution in [0.15, 0.2) is 71.3 Å². The van der Waals surface area contributed by atoms with Crippen LogP contribution in [0.3, 0.4) is 0 Å². The summed E-state index contributed by atoms with van der Waals surface area (Å²) in [6.07, 6.45) is 1.62. The van der Waals surface area contributed by atoms with Crippen LogP contribution in [0.2, 0.25) is 5.02 Å². The van der Waals surface area contributed by atoms with Gasteiger partial charge in [-0.05, 0) is 47.5 Å². The molecule has 3 aromatic rings. The number of benzene rings is 2. The Morgan fingerprint density at radius 3 is 2.79 bits per heavy atom. The van der Waals surface area contributed by atoms with Gasteiger partial charge in [0.15, 0.2) is 0 Å². The minimum Gasteiger partial charge on any atom is -0.467 e. The minimum atomic E-state index is -0.241. The Kier molecular flexibility index (Phi) is 6.27. The van der Waals surface area contributed by atoms with E-state index in [0.29, 0.717) is 24.8 Å². The first kappa shape index (κ1) is 19.7. The smallest absolute Gasteiger partial charge is 0.230 e. The summed E-state index contributed by atoms with van der Waals surface area (Å²) >= 11 is 5.97. The molecule has 2 atom stereocenters. The van der Waals surface area contributed by atoms with Crippen molar-refractivity contribution in [3.05, 3.63) is 88.8 Å². The maximum atomic E-state index is 12.9. The van der Waals surface area contributed by atoms with E-state index in [1.54, 1.807) is 6.26 Å². The van der Waals surface area contributed by atoms with Gasteiger partial charge in [-0.2, -0.15) is 0 Å². The van der Waals surface area contributed by atoms with Gasteiger partial charge in [0.2, 0.25) is 5.91 Å². The fourth-order valence-electron chi connectivity index (χ4n) is 3.37. The second-order valence-corrected chi connectivity index (χ2v) is 7.36. The van der Waals surface area contributed by atoms with Crippen LogP contribution in [-0.4, -0.2) is 12.5 Å². The molecule has 0 spiro atoms. The predicted molar refractivity (Wildman–Crippen MR) is 111 cm³/mol. The predicted octanol–water partition coefficient (Wildman–Crippen LogP) is 4.05. The van der Waals surface area contributed by atoms with Gasteiger partial charge in [-0.25, -0.2) is 5.43 Å². The first-order valence-electron chi connectivity index (χ1n) is 9.43. The quantitative estimate of drug-likeness (QED) is 0.546. The van der Waals surface area contributed by atoms with Crippen molar-refractivity contribution in [2.75, 3.05) is 11.9 Å². The number of carbonyl (C=O) groups is 1. The van der Waals surface area contributed by atoms with Crippen LogP contribution in [-0.2, 0) is 22.7 Å². The zero-order chi connectivity index (χ0) is 20.1. The summed E-state index contributed by atoms with van der Waals surface area (Å²) in [5.41, 5.74) is 9.00. The number of rotatable bonds is 7. The highest BCUT2D eigenvalue weighted by molar-refractivity contribution is 6.30. The molecule has 3 N–H and O–H groups in total. The molecule has 2 heterocycles. The lowest BCUT2D eigenvalue weighted by molar-refractivity contribution is -0.119. The summed E-state index contributed by atoms with van der Waals surface area (Å²) in [5.74, 6) is 0.495. The Balaban J connectivity index is 1.36. The topological polar surface area (TPSA) is 75.5 Å². The van der Waals surface area contributed by atoms with E-state index in [1.165, 1.54) is 0 Å². The van der Waals surface area contributed by atoms with Gasteiger partial charge in [-0.1, -0.05) is 35.9 Å². The number of nitrogens with one attached hydrogen (secondary N) is 3. The summed E-state index contributed by atoms with van der Waals surface area (Å²) in [7, 11) is 0. The van der Waals surface area contributed by atoms with Crippen LogP contribution in [0.25, 0.3) is 0 Å². The van der Waals surface area contributed by atoms with Gasteiger partial charge in [0.1, 0.15) is 12.4 Å². The van der Waals surface area contributed by atoms with E-state index in [9.17, 15) is 4.79 Å². The molecular formula is C22H22ClN3O3. The molecule has 29 heavy (non-hydrogen) atoms. The van der Waals surface area contributed by atoms with Gasteiger partial charge >= 0.3 is 0 Å². The molecule has 0 saturated carbocycles. The Labute approximate surface area is 174 Å². The first-order chi connectivity index (χ1) is 14.2. The normalized spacial score (nSPS) is 18.7. The van der Waals surface area contributed by atoms with Crippen molar-refractivity contribution in [2.24, 2.45) is 5.92 Å². The van der Waals surface area contributed by atoms with Crippen LogP contribution in [0.5, 0.6) is 0 Å². The van der Waals surface area contributed by atoms with Gasteiger partial charge in [0.05, 0.1) is 24.8 Å². The minimum absolute atomic E-state index is 0.0453. The fourth-order valence-corrected chi connectivity index (χ4v) is 3.49. The number of hydrogen-bond acceptors (Lipinski definition) is 5. The van der Waals surface area contributed by atoms with Crippen LogP contribution < -0.4 is 16.2 Å². The summed E-state index contributed by atoms with van der Waals surface area (Å²) in [6, 6.07) is 18.8. The molecule has 150 valence electrons. The SMILES string of the molecule is O=C(Nc1cccc(COCc2ccco2)c1)C1CNNC1c1ccc(Cl)cc1.